The molecule has 3 atom stereocenters. The van der Waals surface area contributed by atoms with Gasteiger partial charge in [0.1, 0.15) is 11.8 Å². The first-order chi connectivity index (χ1) is 9.76. The van der Waals surface area contributed by atoms with Crippen molar-refractivity contribution in [2.24, 2.45) is 5.92 Å². The van der Waals surface area contributed by atoms with Crippen molar-refractivity contribution in [2.75, 3.05) is 7.11 Å². The number of hydrogen-bond acceptors (Lipinski definition) is 3. The van der Waals surface area contributed by atoms with E-state index in [0.29, 0.717) is 11.7 Å². The van der Waals surface area contributed by atoms with E-state index >= 15 is 0 Å². The Kier molecular flexibility index (Phi) is 3.49. The zero-order valence-corrected chi connectivity index (χ0v) is 11.9. The molecule has 0 amide bonds. The van der Waals surface area contributed by atoms with Crippen molar-refractivity contribution in [1.82, 2.24) is 9.78 Å². The molecule has 4 nitrogen and oxygen atoms in total. The third kappa shape index (κ3) is 2.20. The number of methoxy groups -OCH3 is 1. The van der Waals surface area contributed by atoms with E-state index in [9.17, 15) is 5.11 Å². The highest BCUT2D eigenvalue weighted by molar-refractivity contribution is 5.33. The van der Waals surface area contributed by atoms with Crippen LogP contribution in [-0.2, 0) is 6.54 Å². The molecular formula is C16H20N2O2. The highest BCUT2D eigenvalue weighted by atomic mass is 16.5. The van der Waals surface area contributed by atoms with Crippen molar-refractivity contribution in [2.45, 2.75) is 31.9 Å². The maximum atomic E-state index is 10.7. The van der Waals surface area contributed by atoms with Gasteiger partial charge in [0.25, 0.3) is 0 Å². The first-order valence-corrected chi connectivity index (χ1v) is 7.09. The van der Waals surface area contributed by atoms with Gasteiger partial charge in [0, 0.05) is 6.54 Å². The zero-order chi connectivity index (χ0) is 14.1. The molecule has 0 spiro atoms. The third-order valence-electron chi connectivity index (χ3n) is 4.12. The van der Waals surface area contributed by atoms with Gasteiger partial charge in [-0.2, -0.15) is 5.10 Å². The van der Waals surface area contributed by atoms with Crippen molar-refractivity contribution >= 4 is 0 Å². The Morgan fingerprint density at radius 1 is 1.40 bits per heavy atom. The first kappa shape index (κ1) is 13.2. The third-order valence-corrected chi connectivity index (χ3v) is 4.12. The van der Waals surface area contributed by atoms with Gasteiger partial charge in [-0.05, 0) is 30.7 Å². The summed E-state index contributed by atoms with van der Waals surface area (Å²) in [5.41, 5.74) is 2.11. The van der Waals surface area contributed by atoms with Crippen LogP contribution in [0.3, 0.4) is 0 Å². The van der Waals surface area contributed by atoms with Crippen LogP contribution < -0.4 is 4.74 Å². The Hall–Kier alpha value is -1.81. The largest absolute Gasteiger partial charge is 0.493 e. The minimum atomic E-state index is -0.516. The molecule has 1 N–H and O–H groups in total. The van der Waals surface area contributed by atoms with Crippen LogP contribution in [0.25, 0.3) is 0 Å². The zero-order valence-electron chi connectivity index (χ0n) is 11.9. The molecule has 3 rings (SSSR count). The van der Waals surface area contributed by atoms with Crippen LogP contribution >= 0.6 is 0 Å². The van der Waals surface area contributed by atoms with E-state index in [2.05, 4.69) is 17.2 Å². The van der Waals surface area contributed by atoms with E-state index in [0.717, 1.165) is 18.7 Å². The summed E-state index contributed by atoms with van der Waals surface area (Å²) in [6.45, 7) is 2.75. The van der Waals surface area contributed by atoms with E-state index in [1.807, 2.05) is 29.8 Å². The van der Waals surface area contributed by atoms with E-state index < -0.39 is 6.10 Å². The average Bonchev–Trinajstić information content (AvgIpc) is 3.19. The Balaban J connectivity index is 1.81. The smallest absolute Gasteiger partial charge is 0.162 e. The molecule has 0 bridgehead atoms. The topological polar surface area (TPSA) is 47.3 Å². The second-order valence-electron chi connectivity index (χ2n) is 5.28. The minimum Gasteiger partial charge on any atom is -0.493 e. The standard InChI is InChI=1S/C16H20N2O2/c1-3-18-15(14(20-2)10-17-18)16(19)13-9-12(13)11-7-5-4-6-8-11/h4-8,10,12-13,16,19H,3,9H2,1-2H3. The van der Waals surface area contributed by atoms with Crippen LogP contribution in [0.2, 0.25) is 0 Å². The number of aromatic nitrogens is 2. The summed E-state index contributed by atoms with van der Waals surface area (Å²) < 4.78 is 7.15. The molecule has 2 aromatic rings. The summed E-state index contributed by atoms with van der Waals surface area (Å²) in [4.78, 5) is 0. The Morgan fingerprint density at radius 3 is 2.80 bits per heavy atom. The Morgan fingerprint density at radius 2 is 2.15 bits per heavy atom. The Bertz CT molecular complexity index is 558. The number of nitrogens with zero attached hydrogens (tertiary/aromatic N) is 2. The molecule has 106 valence electrons. The molecule has 1 saturated carbocycles. The number of aryl methyl sites for hydroxylation is 1. The lowest BCUT2D eigenvalue weighted by Crippen LogP contribution is -2.11. The molecule has 1 aliphatic rings. The predicted molar refractivity (Wildman–Crippen MR) is 76.7 cm³/mol. The van der Waals surface area contributed by atoms with Crippen molar-refractivity contribution in [3.63, 3.8) is 0 Å². The molecule has 0 aliphatic heterocycles. The molecule has 0 saturated heterocycles. The fourth-order valence-electron chi connectivity index (χ4n) is 2.94. The van der Waals surface area contributed by atoms with Crippen molar-refractivity contribution in [1.29, 1.82) is 0 Å². The normalized spacial score (nSPS) is 22.6. The lowest BCUT2D eigenvalue weighted by Gasteiger charge is -2.14. The van der Waals surface area contributed by atoms with Crippen LogP contribution in [0.4, 0.5) is 0 Å². The van der Waals surface area contributed by atoms with Crippen LogP contribution in [0.5, 0.6) is 5.75 Å². The predicted octanol–water partition coefficient (Wildman–Crippen LogP) is 2.75. The minimum absolute atomic E-state index is 0.258. The number of benzene rings is 1. The quantitative estimate of drug-likeness (QED) is 0.910. The molecule has 0 radical (unpaired) electrons. The van der Waals surface area contributed by atoms with Gasteiger partial charge >= 0.3 is 0 Å². The molecule has 1 aromatic carbocycles. The summed E-state index contributed by atoms with van der Waals surface area (Å²) in [5, 5.41) is 14.9. The molecule has 4 heteroatoms. The molecule has 1 aliphatic carbocycles. The summed E-state index contributed by atoms with van der Waals surface area (Å²) in [5.74, 6) is 1.38. The van der Waals surface area contributed by atoms with Gasteiger partial charge < -0.3 is 9.84 Å². The monoisotopic (exact) mass is 272 g/mol. The molecule has 1 aromatic heterocycles. The molecule has 3 unspecified atom stereocenters. The summed E-state index contributed by atoms with van der Waals surface area (Å²) in [6.07, 6.45) is 2.18. The number of rotatable bonds is 5. The van der Waals surface area contributed by atoms with Crippen LogP contribution in [0.1, 0.15) is 36.6 Å². The van der Waals surface area contributed by atoms with Crippen molar-refractivity contribution < 1.29 is 9.84 Å². The van der Waals surface area contributed by atoms with Gasteiger partial charge in [0.15, 0.2) is 5.75 Å². The van der Waals surface area contributed by atoms with Gasteiger partial charge in [0.05, 0.1) is 13.3 Å². The van der Waals surface area contributed by atoms with Gasteiger partial charge in [-0.25, -0.2) is 0 Å². The summed E-state index contributed by atoms with van der Waals surface area (Å²) in [6, 6.07) is 10.4. The highest BCUT2D eigenvalue weighted by Gasteiger charge is 2.45. The van der Waals surface area contributed by atoms with E-state index in [4.69, 9.17) is 4.74 Å². The average molecular weight is 272 g/mol. The number of hydrogen-bond donors (Lipinski definition) is 1. The van der Waals surface area contributed by atoms with Crippen molar-refractivity contribution in [3.8, 4) is 5.75 Å². The first-order valence-electron chi connectivity index (χ1n) is 7.09. The van der Waals surface area contributed by atoms with Crippen LogP contribution in [0.15, 0.2) is 36.5 Å². The molecule has 1 fully saturated rings. The lowest BCUT2D eigenvalue weighted by molar-refractivity contribution is 0.137. The number of aliphatic hydroxyl groups is 1. The van der Waals surface area contributed by atoms with Gasteiger partial charge in [-0.1, -0.05) is 30.3 Å². The molecule has 20 heavy (non-hydrogen) atoms. The lowest BCUT2D eigenvalue weighted by atomic mass is 10.0. The van der Waals surface area contributed by atoms with Gasteiger partial charge in [-0.3, -0.25) is 4.68 Å². The number of aliphatic hydroxyl groups excluding tert-OH is 1. The fourth-order valence-corrected chi connectivity index (χ4v) is 2.94. The maximum absolute atomic E-state index is 10.7. The maximum Gasteiger partial charge on any atom is 0.162 e. The second-order valence-corrected chi connectivity index (χ2v) is 5.28. The van der Waals surface area contributed by atoms with E-state index in [1.165, 1.54) is 5.56 Å². The van der Waals surface area contributed by atoms with E-state index in [-0.39, 0.29) is 5.92 Å². The fraction of sp³-hybridized carbons (Fsp3) is 0.438. The summed E-state index contributed by atoms with van der Waals surface area (Å²) >= 11 is 0. The molecular weight excluding hydrogens is 252 g/mol. The van der Waals surface area contributed by atoms with Gasteiger partial charge in [-0.15, -0.1) is 0 Å². The second kappa shape index (κ2) is 5.29. The van der Waals surface area contributed by atoms with E-state index in [1.54, 1.807) is 13.3 Å². The SMILES string of the molecule is CCn1ncc(OC)c1C(O)C1CC1c1ccccc1. The Labute approximate surface area is 119 Å². The number of ether oxygens (including phenoxy) is 1. The van der Waals surface area contributed by atoms with Crippen LogP contribution in [-0.4, -0.2) is 22.0 Å². The van der Waals surface area contributed by atoms with Crippen molar-refractivity contribution in [3.05, 3.63) is 47.8 Å². The highest BCUT2D eigenvalue weighted by Crippen LogP contribution is 2.54. The van der Waals surface area contributed by atoms with Crippen LogP contribution in [0, 0.1) is 5.92 Å². The molecule has 1 heterocycles. The van der Waals surface area contributed by atoms with Gasteiger partial charge in [0.2, 0.25) is 0 Å². The summed E-state index contributed by atoms with van der Waals surface area (Å²) in [7, 11) is 1.62.